The van der Waals surface area contributed by atoms with Crippen LogP contribution in [0.4, 0.5) is 10.1 Å². The molecule has 0 spiro atoms. The van der Waals surface area contributed by atoms with Crippen LogP contribution in [0.5, 0.6) is 0 Å². The van der Waals surface area contributed by atoms with Gasteiger partial charge in [-0.2, -0.15) is 0 Å². The Hall–Kier alpha value is -2.94. The van der Waals surface area contributed by atoms with Crippen molar-refractivity contribution in [3.8, 4) is 0 Å². The van der Waals surface area contributed by atoms with Crippen LogP contribution in [0.3, 0.4) is 0 Å². The van der Waals surface area contributed by atoms with Crippen LogP contribution < -0.4 is 10.0 Å². The van der Waals surface area contributed by atoms with Gasteiger partial charge >= 0.3 is 5.97 Å². The minimum atomic E-state index is -4.09. The third-order valence-corrected chi connectivity index (χ3v) is 4.51. The van der Waals surface area contributed by atoms with E-state index < -0.39 is 27.7 Å². The van der Waals surface area contributed by atoms with E-state index in [-0.39, 0.29) is 22.7 Å². The average molecular weight is 366 g/mol. The third-order valence-electron chi connectivity index (χ3n) is 3.15. The minimum absolute atomic E-state index is 0.0281. The topological polar surface area (TPSA) is 102 Å². The molecule has 0 aliphatic carbocycles. The molecule has 0 saturated carbocycles. The summed E-state index contributed by atoms with van der Waals surface area (Å²) >= 11 is 0. The molecule has 0 heterocycles. The molecule has 1 amide bonds. The van der Waals surface area contributed by atoms with Crippen LogP contribution >= 0.6 is 0 Å². The zero-order valence-electron chi connectivity index (χ0n) is 13.2. The Bertz CT molecular complexity index is 899. The largest absolute Gasteiger partial charge is 0.468 e. The number of nitrogens with one attached hydrogen (secondary N) is 2. The second-order valence-electron chi connectivity index (χ2n) is 4.87. The first kappa shape index (κ1) is 18.4. The van der Waals surface area contributed by atoms with Gasteiger partial charge in [0.2, 0.25) is 0 Å². The van der Waals surface area contributed by atoms with Gasteiger partial charge in [-0.25, -0.2) is 12.8 Å². The first-order valence-electron chi connectivity index (χ1n) is 7.06. The number of ether oxygens (including phenoxy) is 1. The fourth-order valence-corrected chi connectivity index (χ4v) is 2.99. The molecule has 2 rings (SSSR count). The predicted octanol–water partition coefficient (Wildman–Crippen LogP) is 1.53. The van der Waals surface area contributed by atoms with E-state index in [0.29, 0.717) is 0 Å². The molecule has 2 N–H and O–H groups in total. The summed E-state index contributed by atoms with van der Waals surface area (Å²) in [4.78, 5) is 22.8. The van der Waals surface area contributed by atoms with E-state index in [9.17, 15) is 22.4 Å². The molecule has 2 aromatic carbocycles. The summed E-state index contributed by atoms with van der Waals surface area (Å²) < 4.78 is 44.8. The summed E-state index contributed by atoms with van der Waals surface area (Å²) in [6.07, 6.45) is 0. The molecule has 25 heavy (non-hydrogen) atoms. The Labute approximate surface area is 143 Å². The van der Waals surface area contributed by atoms with Gasteiger partial charge in [-0.3, -0.25) is 14.3 Å². The second kappa shape index (κ2) is 7.75. The number of carbonyl (C=O) groups is 2. The van der Waals surface area contributed by atoms with Gasteiger partial charge in [-0.15, -0.1) is 0 Å². The van der Waals surface area contributed by atoms with Crippen molar-refractivity contribution in [1.82, 2.24) is 5.32 Å². The molecule has 9 heteroatoms. The zero-order valence-corrected chi connectivity index (χ0v) is 14.0. The molecule has 0 fully saturated rings. The van der Waals surface area contributed by atoms with Gasteiger partial charge in [0, 0.05) is 5.56 Å². The summed E-state index contributed by atoms with van der Waals surface area (Å²) in [5.41, 5.74) is -0.177. The first-order valence-corrected chi connectivity index (χ1v) is 8.54. The number of anilines is 1. The van der Waals surface area contributed by atoms with Crippen molar-refractivity contribution in [3.63, 3.8) is 0 Å². The Morgan fingerprint density at radius 3 is 2.52 bits per heavy atom. The van der Waals surface area contributed by atoms with Gasteiger partial charge < -0.3 is 10.1 Å². The number of amides is 1. The SMILES string of the molecule is COC(=O)CNC(=O)c1cccc(S(=O)(=O)Nc2ccccc2F)c1. The summed E-state index contributed by atoms with van der Waals surface area (Å²) in [5, 5.41) is 2.30. The Kier molecular flexibility index (Phi) is 5.71. The predicted molar refractivity (Wildman–Crippen MR) is 88.0 cm³/mol. The highest BCUT2D eigenvalue weighted by Crippen LogP contribution is 2.19. The summed E-state index contributed by atoms with van der Waals surface area (Å²) in [5.74, 6) is -2.01. The molecule has 0 saturated heterocycles. The van der Waals surface area contributed by atoms with E-state index in [1.165, 1.54) is 43.5 Å². The van der Waals surface area contributed by atoms with Crippen molar-refractivity contribution >= 4 is 27.6 Å². The van der Waals surface area contributed by atoms with Crippen LogP contribution in [-0.2, 0) is 19.6 Å². The third kappa shape index (κ3) is 4.77. The van der Waals surface area contributed by atoms with E-state index in [2.05, 4.69) is 14.8 Å². The van der Waals surface area contributed by atoms with E-state index in [1.54, 1.807) is 0 Å². The van der Waals surface area contributed by atoms with Gasteiger partial charge in [-0.05, 0) is 30.3 Å². The van der Waals surface area contributed by atoms with Crippen LogP contribution in [0, 0.1) is 5.82 Å². The number of hydrogen-bond acceptors (Lipinski definition) is 5. The van der Waals surface area contributed by atoms with Crippen molar-refractivity contribution in [2.75, 3.05) is 18.4 Å². The van der Waals surface area contributed by atoms with Gasteiger partial charge in [0.1, 0.15) is 12.4 Å². The molecular formula is C16H15FN2O5S. The zero-order chi connectivity index (χ0) is 18.4. The molecule has 0 unspecified atom stereocenters. The van der Waals surface area contributed by atoms with Crippen molar-refractivity contribution < 1.29 is 27.1 Å². The highest BCUT2D eigenvalue weighted by molar-refractivity contribution is 7.92. The quantitative estimate of drug-likeness (QED) is 0.755. The van der Waals surface area contributed by atoms with E-state index >= 15 is 0 Å². The highest BCUT2D eigenvalue weighted by atomic mass is 32.2. The lowest BCUT2D eigenvalue weighted by Crippen LogP contribution is -2.30. The normalized spacial score (nSPS) is 10.8. The van der Waals surface area contributed by atoms with Crippen LogP contribution in [0.2, 0.25) is 0 Å². The lowest BCUT2D eigenvalue weighted by Gasteiger charge is -2.10. The summed E-state index contributed by atoms with van der Waals surface area (Å²) in [6, 6.07) is 10.4. The maximum absolute atomic E-state index is 13.6. The summed E-state index contributed by atoms with van der Waals surface area (Å²) in [7, 11) is -2.91. The minimum Gasteiger partial charge on any atom is -0.468 e. The van der Waals surface area contributed by atoms with Gasteiger partial charge in [0.15, 0.2) is 0 Å². The lowest BCUT2D eigenvalue weighted by atomic mass is 10.2. The fourth-order valence-electron chi connectivity index (χ4n) is 1.88. The molecule has 0 radical (unpaired) electrons. The van der Waals surface area contributed by atoms with Crippen molar-refractivity contribution in [3.05, 3.63) is 59.9 Å². The molecule has 0 aromatic heterocycles. The number of benzene rings is 2. The maximum Gasteiger partial charge on any atom is 0.325 e. The van der Waals surface area contributed by atoms with Crippen LogP contribution in [0.25, 0.3) is 0 Å². The smallest absolute Gasteiger partial charge is 0.325 e. The number of sulfonamides is 1. The lowest BCUT2D eigenvalue weighted by molar-refractivity contribution is -0.139. The monoisotopic (exact) mass is 366 g/mol. The Balaban J connectivity index is 2.21. The van der Waals surface area contributed by atoms with Gasteiger partial charge in [-0.1, -0.05) is 18.2 Å². The van der Waals surface area contributed by atoms with Crippen LogP contribution in [-0.4, -0.2) is 33.9 Å². The number of rotatable bonds is 6. The number of esters is 1. The molecule has 0 aliphatic rings. The van der Waals surface area contributed by atoms with E-state index in [0.717, 1.165) is 12.1 Å². The number of hydrogen-bond donors (Lipinski definition) is 2. The van der Waals surface area contributed by atoms with Gasteiger partial charge in [0.05, 0.1) is 17.7 Å². The van der Waals surface area contributed by atoms with Crippen LogP contribution in [0.15, 0.2) is 53.4 Å². The van der Waals surface area contributed by atoms with Crippen molar-refractivity contribution in [2.45, 2.75) is 4.90 Å². The van der Waals surface area contributed by atoms with E-state index in [1.807, 2.05) is 0 Å². The number of halogens is 1. The first-order chi connectivity index (χ1) is 11.8. The molecule has 0 bridgehead atoms. The average Bonchev–Trinajstić information content (AvgIpc) is 2.61. The maximum atomic E-state index is 13.6. The fraction of sp³-hybridized carbons (Fsp3) is 0.125. The van der Waals surface area contributed by atoms with Gasteiger partial charge in [0.25, 0.3) is 15.9 Å². The van der Waals surface area contributed by atoms with E-state index in [4.69, 9.17) is 0 Å². The van der Waals surface area contributed by atoms with Crippen LogP contribution in [0.1, 0.15) is 10.4 Å². The molecule has 0 aliphatic heterocycles. The van der Waals surface area contributed by atoms with Crippen molar-refractivity contribution in [2.24, 2.45) is 0 Å². The second-order valence-corrected chi connectivity index (χ2v) is 6.55. The Morgan fingerprint density at radius 2 is 1.84 bits per heavy atom. The standard InChI is InChI=1S/C16H15FN2O5S/c1-24-15(20)10-18-16(21)11-5-4-6-12(9-11)25(22,23)19-14-8-3-2-7-13(14)17/h2-9,19H,10H2,1H3,(H,18,21). The number of methoxy groups -OCH3 is 1. The highest BCUT2D eigenvalue weighted by Gasteiger charge is 2.18. The molecule has 2 aromatic rings. The summed E-state index contributed by atoms with van der Waals surface area (Å²) in [6.45, 7) is -0.347. The number of carbonyl (C=O) groups excluding carboxylic acids is 2. The number of para-hydroxylation sites is 1. The molecule has 7 nitrogen and oxygen atoms in total. The Morgan fingerprint density at radius 1 is 1.12 bits per heavy atom. The molecular weight excluding hydrogens is 351 g/mol. The molecule has 0 atom stereocenters. The van der Waals surface area contributed by atoms with Crippen molar-refractivity contribution in [1.29, 1.82) is 0 Å². The molecule has 132 valence electrons.